The lowest BCUT2D eigenvalue weighted by Gasteiger charge is -2.12. The summed E-state index contributed by atoms with van der Waals surface area (Å²) >= 11 is 4.15. The molecule has 14 heavy (non-hydrogen) atoms. The molecule has 0 heterocycles. The third-order valence-electron chi connectivity index (χ3n) is 2.15. The summed E-state index contributed by atoms with van der Waals surface area (Å²) in [6.07, 6.45) is 0. The third kappa shape index (κ3) is 2.51. The van der Waals surface area contributed by atoms with Crippen molar-refractivity contribution in [3.8, 4) is 0 Å². The number of methoxy groups -OCH3 is 1. The first-order valence-corrected chi connectivity index (χ1v) is 5.07. The van der Waals surface area contributed by atoms with E-state index in [1.165, 1.54) is 12.7 Å². The van der Waals surface area contributed by atoms with Gasteiger partial charge in [-0.25, -0.2) is 0 Å². The number of ether oxygens (including phenoxy) is 1. The molecule has 1 aromatic carbocycles. The molecule has 1 unspecified atom stereocenters. The first-order chi connectivity index (χ1) is 6.69. The number of hydrogen-bond donors (Lipinski definition) is 1. The molecule has 0 amide bonds. The fraction of sp³-hybridized carbons (Fsp3) is 0.364. The molecule has 0 aliphatic carbocycles. The molecule has 0 fully saturated rings. The Kier molecular flexibility index (Phi) is 4.01. The Balaban J connectivity index is 2.89. The molecule has 2 nitrogen and oxygen atoms in total. The van der Waals surface area contributed by atoms with E-state index in [1.807, 2.05) is 31.2 Å². The first-order valence-electron chi connectivity index (χ1n) is 4.44. The van der Waals surface area contributed by atoms with Crippen molar-refractivity contribution in [3.63, 3.8) is 0 Å². The van der Waals surface area contributed by atoms with Crippen LogP contribution in [0.15, 0.2) is 24.3 Å². The number of thiol groups is 1. The van der Waals surface area contributed by atoms with Crippen LogP contribution in [0.25, 0.3) is 0 Å². The lowest BCUT2D eigenvalue weighted by atomic mass is 10.0. The molecule has 0 N–H and O–H groups in total. The summed E-state index contributed by atoms with van der Waals surface area (Å²) in [5, 5.41) is 0. The fourth-order valence-electron chi connectivity index (χ4n) is 1.26. The Morgan fingerprint density at radius 2 is 2.00 bits per heavy atom. The molecule has 1 atom stereocenters. The largest absolute Gasteiger partial charge is 0.469 e. The highest BCUT2D eigenvalue weighted by atomic mass is 32.1. The molecule has 0 bridgehead atoms. The van der Waals surface area contributed by atoms with Gasteiger partial charge < -0.3 is 4.74 Å². The molecular weight excluding hydrogens is 196 g/mol. The number of aryl methyl sites for hydroxylation is 1. The van der Waals surface area contributed by atoms with E-state index in [0.29, 0.717) is 5.75 Å². The van der Waals surface area contributed by atoms with Gasteiger partial charge in [0.05, 0.1) is 13.0 Å². The van der Waals surface area contributed by atoms with Crippen molar-refractivity contribution in [1.29, 1.82) is 0 Å². The molecule has 76 valence electrons. The summed E-state index contributed by atoms with van der Waals surface area (Å²) in [6.45, 7) is 2.01. The van der Waals surface area contributed by atoms with E-state index >= 15 is 0 Å². The predicted octanol–water partition coefficient (Wildman–Crippen LogP) is 2.18. The van der Waals surface area contributed by atoms with E-state index in [0.717, 1.165) is 5.56 Å². The van der Waals surface area contributed by atoms with E-state index in [2.05, 4.69) is 12.6 Å². The summed E-state index contributed by atoms with van der Waals surface area (Å²) in [5.74, 6) is -0.0248. The normalized spacial score (nSPS) is 12.2. The van der Waals surface area contributed by atoms with E-state index in [4.69, 9.17) is 4.74 Å². The zero-order valence-electron chi connectivity index (χ0n) is 8.36. The van der Waals surface area contributed by atoms with Gasteiger partial charge in [0.2, 0.25) is 0 Å². The van der Waals surface area contributed by atoms with Crippen LogP contribution < -0.4 is 0 Å². The minimum Gasteiger partial charge on any atom is -0.469 e. The lowest BCUT2D eigenvalue weighted by molar-refractivity contribution is -0.141. The maximum absolute atomic E-state index is 11.4. The maximum Gasteiger partial charge on any atom is 0.313 e. The van der Waals surface area contributed by atoms with Crippen LogP contribution in [0, 0.1) is 6.92 Å². The molecule has 0 saturated carbocycles. The molecule has 0 radical (unpaired) electrons. The van der Waals surface area contributed by atoms with Crippen molar-refractivity contribution in [3.05, 3.63) is 35.4 Å². The molecule has 0 saturated heterocycles. The number of carbonyl (C=O) groups is 1. The Morgan fingerprint density at radius 3 is 2.43 bits per heavy atom. The standard InChI is InChI=1S/C11H14O2S/c1-8-3-5-9(6-4-8)10(7-14)11(12)13-2/h3-6,10,14H,7H2,1-2H3. The Morgan fingerprint density at radius 1 is 1.43 bits per heavy atom. The molecule has 1 aromatic rings. The topological polar surface area (TPSA) is 26.3 Å². The maximum atomic E-state index is 11.4. The molecule has 0 aromatic heterocycles. The van der Waals surface area contributed by atoms with Crippen molar-refractivity contribution in [1.82, 2.24) is 0 Å². The number of rotatable bonds is 3. The van der Waals surface area contributed by atoms with Crippen molar-refractivity contribution < 1.29 is 9.53 Å². The van der Waals surface area contributed by atoms with Crippen molar-refractivity contribution >= 4 is 18.6 Å². The summed E-state index contributed by atoms with van der Waals surface area (Å²) < 4.78 is 4.70. The average Bonchev–Trinajstić information content (AvgIpc) is 2.21. The van der Waals surface area contributed by atoms with Crippen molar-refractivity contribution in [2.45, 2.75) is 12.8 Å². The van der Waals surface area contributed by atoms with E-state index in [-0.39, 0.29) is 11.9 Å². The highest BCUT2D eigenvalue weighted by Crippen LogP contribution is 2.19. The van der Waals surface area contributed by atoms with Crippen LogP contribution in [0.5, 0.6) is 0 Å². The van der Waals surface area contributed by atoms with Gasteiger partial charge in [-0.2, -0.15) is 12.6 Å². The van der Waals surface area contributed by atoms with Gasteiger partial charge in [-0.15, -0.1) is 0 Å². The van der Waals surface area contributed by atoms with Crippen LogP contribution in [0.4, 0.5) is 0 Å². The minimum atomic E-state index is -0.260. The molecule has 0 spiro atoms. The van der Waals surface area contributed by atoms with Gasteiger partial charge in [0.1, 0.15) is 0 Å². The lowest BCUT2D eigenvalue weighted by Crippen LogP contribution is -2.15. The summed E-state index contributed by atoms with van der Waals surface area (Å²) in [4.78, 5) is 11.4. The fourth-order valence-corrected chi connectivity index (χ4v) is 1.62. The molecule has 0 aliphatic heterocycles. The quantitative estimate of drug-likeness (QED) is 0.611. The van der Waals surface area contributed by atoms with Gasteiger partial charge in [-0.1, -0.05) is 29.8 Å². The van der Waals surface area contributed by atoms with Crippen LogP contribution in [0.3, 0.4) is 0 Å². The van der Waals surface area contributed by atoms with E-state index < -0.39 is 0 Å². The van der Waals surface area contributed by atoms with Crippen molar-refractivity contribution in [2.75, 3.05) is 12.9 Å². The average molecular weight is 210 g/mol. The summed E-state index contributed by atoms with van der Waals surface area (Å²) in [5.41, 5.74) is 2.13. The zero-order chi connectivity index (χ0) is 10.6. The Bertz CT molecular complexity index is 306. The summed E-state index contributed by atoms with van der Waals surface area (Å²) in [7, 11) is 1.40. The van der Waals surface area contributed by atoms with Gasteiger partial charge in [0.25, 0.3) is 0 Å². The smallest absolute Gasteiger partial charge is 0.313 e. The first kappa shape index (κ1) is 11.1. The van der Waals surface area contributed by atoms with Crippen LogP contribution in [0.2, 0.25) is 0 Å². The van der Waals surface area contributed by atoms with Gasteiger partial charge in [-0.3, -0.25) is 4.79 Å². The van der Waals surface area contributed by atoms with Gasteiger partial charge >= 0.3 is 5.97 Å². The molecule has 1 rings (SSSR count). The number of esters is 1. The van der Waals surface area contributed by atoms with Crippen LogP contribution >= 0.6 is 12.6 Å². The van der Waals surface area contributed by atoms with Crippen LogP contribution in [-0.4, -0.2) is 18.8 Å². The molecule has 0 aliphatic rings. The Labute approximate surface area is 89.7 Å². The highest BCUT2D eigenvalue weighted by Gasteiger charge is 2.18. The number of carbonyl (C=O) groups excluding carboxylic acids is 1. The monoisotopic (exact) mass is 210 g/mol. The van der Waals surface area contributed by atoms with E-state index in [9.17, 15) is 4.79 Å². The second kappa shape index (κ2) is 5.05. The Hall–Kier alpha value is -0.960. The second-order valence-corrected chi connectivity index (χ2v) is 3.53. The predicted molar refractivity (Wildman–Crippen MR) is 59.8 cm³/mol. The molecular formula is C11H14O2S. The second-order valence-electron chi connectivity index (χ2n) is 3.17. The third-order valence-corrected chi connectivity index (χ3v) is 2.51. The molecule has 3 heteroatoms. The summed E-state index contributed by atoms with van der Waals surface area (Å²) in [6, 6.07) is 7.84. The van der Waals surface area contributed by atoms with Gasteiger partial charge in [-0.05, 0) is 12.5 Å². The van der Waals surface area contributed by atoms with E-state index in [1.54, 1.807) is 0 Å². The van der Waals surface area contributed by atoms with Gasteiger partial charge in [0.15, 0.2) is 0 Å². The van der Waals surface area contributed by atoms with Crippen molar-refractivity contribution in [2.24, 2.45) is 0 Å². The minimum absolute atomic E-state index is 0.233. The highest BCUT2D eigenvalue weighted by molar-refractivity contribution is 7.80. The SMILES string of the molecule is COC(=O)C(CS)c1ccc(C)cc1. The van der Waals surface area contributed by atoms with Crippen LogP contribution in [-0.2, 0) is 9.53 Å². The number of hydrogen-bond acceptors (Lipinski definition) is 3. The van der Waals surface area contributed by atoms with Gasteiger partial charge in [0, 0.05) is 5.75 Å². The number of benzene rings is 1. The van der Waals surface area contributed by atoms with Crippen LogP contribution in [0.1, 0.15) is 17.0 Å². The zero-order valence-corrected chi connectivity index (χ0v) is 9.25.